The van der Waals surface area contributed by atoms with Gasteiger partial charge < -0.3 is 14.5 Å². The molecule has 1 aromatic rings. The zero-order valence-electron chi connectivity index (χ0n) is 18.4. The zero-order valence-corrected chi connectivity index (χ0v) is 20.0. The lowest BCUT2D eigenvalue weighted by molar-refractivity contribution is -0.142. The summed E-state index contributed by atoms with van der Waals surface area (Å²) in [5.74, 6) is 0.484. The highest BCUT2D eigenvalue weighted by Crippen LogP contribution is 2.22. The van der Waals surface area contributed by atoms with Crippen molar-refractivity contribution in [2.45, 2.75) is 38.5 Å². The maximum atomic E-state index is 12.4. The van der Waals surface area contributed by atoms with Gasteiger partial charge in [0.2, 0.25) is 5.91 Å². The van der Waals surface area contributed by atoms with Crippen molar-refractivity contribution in [2.24, 2.45) is 5.92 Å². The Balaban J connectivity index is 0.00000240. The first-order chi connectivity index (χ1) is 14.2. The van der Waals surface area contributed by atoms with Crippen molar-refractivity contribution in [2.75, 3.05) is 57.8 Å². The molecule has 0 unspecified atom stereocenters. The maximum Gasteiger partial charge on any atom is 0.305 e. The van der Waals surface area contributed by atoms with Gasteiger partial charge in [0.1, 0.15) is 0 Å². The Hall–Kier alpha value is -1.57. The van der Waals surface area contributed by atoms with Crippen LogP contribution in [0.15, 0.2) is 24.5 Å². The molecule has 0 aliphatic carbocycles. The maximum absolute atomic E-state index is 12.4. The number of pyridine rings is 1. The van der Waals surface area contributed by atoms with Gasteiger partial charge in [-0.2, -0.15) is 0 Å². The third-order valence-electron chi connectivity index (χ3n) is 6.17. The molecule has 0 bridgehead atoms. The molecule has 3 heterocycles. The van der Waals surface area contributed by atoms with Crippen molar-refractivity contribution in [3.05, 3.63) is 24.5 Å². The summed E-state index contributed by atoms with van der Waals surface area (Å²) in [6.45, 7) is 6.86. The molecular weight excluding hydrogens is 439 g/mol. The summed E-state index contributed by atoms with van der Waals surface area (Å²) in [5, 5.41) is 0. The highest BCUT2D eigenvalue weighted by atomic mass is 35.5. The molecule has 9 heteroatoms. The van der Waals surface area contributed by atoms with Gasteiger partial charge in [-0.3, -0.25) is 19.5 Å². The third kappa shape index (κ3) is 8.83. The van der Waals surface area contributed by atoms with Crippen molar-refractivity contribution in [1.82, 2.24) is 14.8 Å². The Morgan fingerprint density at radius 3 is 2.26 bits per heavy atom. The molecular formula is C22H36Cl2N4O3. The van der Waals surface area contributed by atoms with E-state index in [1.807, 2.05) is 17.3 Å². The van der Waals surface area contributed by atoms with Crippen LogP contribution in [0.5, 0.6) is 0 Å². The van der Waals surface area contributed by atoms with E-state index in [2.05, 4.69) is 26.9 Å². The van der Waals surface area contributed by atoms with Crippen molar-refractivity contribution in [3.8, 4) is 0 Å². The number of hydrogen-bond donors (Lipinski definition) is 0. The lowest BCUT2D eigenvalue weighted by atomic mass is 9.93. The average molecular weight is 475 g/mol. The first kappa shape index (κ1) is 27.5. The van der Waals surface area contributed by atoms with Crippen molar-refractivity contribution >= 4 is 42.4 Å². The Bertz CT molecular complexity index is 649. The van der Waals surface area contributed by atoms with Gasteiger partial charge in [-0.05, 0) is 50.3 Å². The second-order valence-corrected chi connectivity index (χ2v) is 8.10. The molecule has 0 N–H and O–H groups in total. The topological polar surface area (TPSA) is 66.0 Å². The molecule has 0 atom stereocenters. The molecule has 7 nitrogen and oxygen atoms in total. The predicted molar refractivity (Wildman–Crippen MR) is 127 cm³/mol. The van der Waals surface area contributed by atoms with Crippen LogP contribution in [-0.4, -0.2) is 79.6 Å². The fourth-order valence-corrected chi connectivity index (χ4v) is 4.26. The molecule has 3 rings (SSSR count). The second kappa shape index (κ2) is 14.5. The van der Waals surface area contributed by atoms with E-state index >= 15 is 0 Å². The molecule has 0 spiro atoms. The quantitative estimate of drug-likeness (QED) is 0.426. The minimum absolute atomic E-state index is 0. The number of ether oxygens (including phenoxy) is 1. The molecule has 2 saturated heterocycles. The van der Waals surface area contributed by atoms with Crippen LogP contribution in [0, 0.1) is 5.92 Å². The molecule has 0 saturated carbocycles. The van der Waals surface area contributed by atoms with Crippen LogP contribution in [-0.2, 0) is 14.3 Å². The number of nitrogens with zero attached hydrogens (tertiary/aromatic N) is 4. The van der Waals surface area contributed by atoms with Crippen molar-refractivity contribution in [1.29, 1.82) is 0 Å². The molecule has 2 aliphatic heterocycles. The highest BCUT2D eigenvalue weighted by molar-refractivity contribution is 5.85. The van der Waals surface area contributed by atoms with Crippen LogP contribution >= 0.6 is 24.8 Å². The van der Waals surface area contributed by atoms with Gasteiger partial charge in [-0.25, -0.2) is 0 Å². The number of amides is 1. The van der Waals surface area contributed by atoms with Gasteiger partial charge in [0.25, 0.3) is 0 Å². The summed E-state index contributed by atoms with van der Waals surface area (Å²) in [6.07, 6.45) is 8.64. The summed E-state index contributed by atoms with van der Waals surface area (Å²) in [7, 11) is 1.43. The lowest BCUT2D eigenvalue weighted by Crippen LogP contribution is -2.46. The number of anilines is 1. The lowest BCUT2D eigenvalue weighted by Gasteiger charge is -2.36. The van der Waals surface area contributed by atoms with Gasteiger partial charge in [0.05, 0.1) is 7.11 Å². The van der Waals surface area contributed by atoms with E-state index in [9.17, 15) is 9.59 Å². The summed E-state index contributed by atoms with van der Waals surface area (Å²) in [6, 6.07) is 4.14. The number of piperazine rings is 1. The largest absolute Gasteiger partial charge is 0.469 e. The van der Waals surface area contributed by atoms with Gasteiger partial charge in [-0.15, -0.1) is 24.8 Å². The first-order valence-electron chi connectivity index (χ1n) is 10.9. The van der Waals surface area contributed by atoms with E-state index < -0.39 is 0 Å². The normalized spacial score (nSPS) is 17.5. The Morgan fingerprint density at radius 2 is 1.65 bits per heavy atom. The predicted octanol–water partition coefficient (Wildman–Crippen LogP) is 3.02. The van der Waals surface area contributed by atoms with E-state index in [1.54, 1.807) is 0 Å². The number of esters is 1. The first-order valence-corrected chi connectivity index (χ1v) is 10.9. The van der Waals surface area contributed by atoms with Gasteiger partial charge in [-0.1, -0.05) is 0 Å². The smallest absolute Gasteiger partial charge is 0.305 e. The van der Waals surface area contributed by atoms with Crippen LogP contribution in [0.2, 0.25) is 0 Å². The molecule has 2 fully saturated rings. The van der Waals surface area contributed by atoms with Crippen LogP contribution in [0.4, 0.5) is 5.69 Å². The van der Waals surface area contributed by atoms with Crippen LogP contribution in [0.3, 0.4) is 0 Å². The Morgan fingerprint density at radius 1 is 1.00 bits per heavy atom. The second-order valence-electron chi connectivity index (χ2n) is 8.10. The van der Waals surface area contributed by atoms with E-state index in [4.69, 9.17) is 4.74 Å². The van der Waals surface area contributed by atoms with E-state index in [-0.39, 0.29) is 36.7 Å². The molecule has 2 aliphatic rings. The number of methoxy groups -OCH3 is 1. The Kier molecular flexibility index (Phi) is 12.8. The molecule has 1 aromatic heterocycles. The van der Waals surface area contributed by atoms with Crippen LogP contribution < -0.4 is 4.90 Å². The minimum Gasteiger partial charge on any atom is -0.469 e. The number of rotatable bonds is 8. The summed E-state index contributed by atoms with van der Waals surface area (Å²) < 4.78 is 4.74. The van der Waals surface area contributed by atoms with Crippen LogP contribution in [0.25, 0.3) is 0 Å². The van der Waals surface area contributed by atoms with E-state index in [0.717, 1.165) is 71.5 Å². The molecule has 176 valence electrons. The number of unbranched alkanes of at least 4 members (excludes halogenated alkanes) is 1. The summed E-state index contributed by atoms with van der Waals surface area (Å²) >= 11 is 0. The Labute approximate surface area is 198 Å². The SMILES string of the molecule is COC(=O)CC1CCN(C(=O)CCCCN2CCN(c3ccncc3)CC2)CC1.Cl.Cl. The van der Waals surface area contributed by atoms with Gasteiger partial charge >= 0.3 is 5.97 Å². The average Bonchev–Trinajstić information content (AvgIpc) is 2.78. The van der Waals surface area contributed by atoms with E-state index in [1.165, 1.54) is 12.8 Å². The van der Waals surface area contributed by atoms with E-state index in [0.29, 0.717) is 18.8 Å². The number of piperidine rings is 1. The number of aromatic nitrogens is 1. The zero-order chi connectivity index (χ0) is 20.5. The van der Waals surface area contributed by atoms with Crippen molar-refractivity contribution in [3.63, 3.8) is 0 Å². The number of hydrogen-bond acceptors (Lipinski definition) is 6. The summed E-state index contributed by atoms with van der Waals surface area (Å²) in [5.41, 5.74) is 1.25. The molecule has 1 amide bonds. The monoisotopic (exact) mass is 474 g/mol. The third-order valence-corrected chi connectivity index (χ3v) is 6.17. The molecule has 0 radical (unpaired) electrons. The van der Waals surface area contributed by atoms with Gasteiger partial charge in [0.15, 0.2) is 0 Å². The standard InChI is InChI=1S/C22H34N4O3.2ClH/c1-29-22(28)18-19-7-12-26(13-8-19)21(27)4-2-3-11-24-14-16-25(17-15-24)20-5-9-23-10-6-20;;/h5-6,9-10,19H,2-4,7-8,11-18H2,1H3;2*1H. The summed E-state index contributed by atoms with van der Waals surface area (Å²) in [4.78, 5) is 34.8. The van der Waals surface area contributed by atoms with Crippen LogP contribution in [0.1, 0.15) is 38.5 Å². The fourth-order valence-electron chi connectivity index (χ4n) is 4.26. The minimum atomic E-state index is -0.142. The highest BCUT2D eigenvalue weighted by Gasteiger charge is 2.24. The van der Waals surface area contributed by atoms with Crippen molar-refractivity contribution < 1.29 is 14.3 Å². The number of carbonyl (C=O) groups excluding carboxylic acids is 2. The number of likely N-dealkylation sites (tertiary alicyclic amines) is 1. The van der Waals surface area contributed by atoms with Gasteiger partial charge in [0, 0.05) is 70.2 Å². The number of halogens is 2. The molecule has 0 aromatic carbocycles. The number of carbonyl (C=O) groups is 2. The molecule has 31 heavy (non-hydrogen) atoms. The fraction of sp³-hybridized carbons (Fsp3) is 0.682.